The van der Waals surface area contributed by atoms with Gasteiger partial charge in [0.05, 0.1) is 11.8 Å². The van der Waals surface area contributed by atoms with E-state index in [1.807, 2.05) is 25.1 Å². The number of anilines is 1. The van der Waals surface area contributed by atoms with Crippen LogP contribution < -0.4 is 5.32 Å². The lowest BCUT2D eigenvalue weighted by Crippen LogP contribution is -2.36. The molecule has 4 atom stereocenters. The van der Waals surface area contributed by atoms with Crippen LogP contribution in [0.5, 0.6) is 0 Å². The summed E-state index contributed by atoms with van der Waals surface area (Å²) in [4.78, 5) is 24.0. The van der Waals surface area contributed by atoms with E-state index in [1.165, 1.54) is 0 Å². The van der Waals surface area contributed by atoms with Crippen LogP contribution in [0.3, 0.4) is 0 Å². The number of fused-ring (bicyclic) bond motifs is 2. The minimum absolute atomic E-state index is 0.0237. The van der Waals surface area contributed by atoms with Crippen LogP contribution in [0.4, 0.5) is 5.69 Å². The molecule has 2 bridgehead atoms. The summed E-state index contributed by atoms with van der Waals surface area (Å²) >= 11 is 5.95. The Morgan fingerprint density at radius 1 is 1.24 bits per heavy atom. The Hall–Kier alpha value is -1.81. The van der Waals surface area contributed by atoms with Gasteiger partial charge in [-0.2, -0.15) is 0 Å². The van der Waals surface area contributed by atoms with E-state index < -0.39 is 17.8 Å². The van der Waals surface area contributed by atoms with Crippen molar-refractivity contribution in [3.8, 4) is 0 Å². The molecule has 5 heteroatoms. The Labute approximate surface area is 127 Å². The normalized spacial score (nSPS) is 29.6. The molecule has 0 radical (unpaired) electrons. The van der Waals surface area contributed by atoms with E-state index in [0.29, 0.717) is 10.7 Å². The van der Waals surface area contributed by atoms with Gasteiger partial charge < -0.3 is 10.4 Å². The zero-order valence-electron chi connectivity index (χ0n) is 11.5. The smallest absolute Gasteiger partial charge is 0.307 e. The van der Waals surface area contributed by atoms with Crippen molar-refractivity contribution in [2.75, 3.05) is 5.32 Å². The number of carboxylic acids is 1. The number of rotatable bonds is 3. The van der Waals surface area contributed by atoms with Gasteiger partial charge >= 0.3 is 5.97 Å². The topological polar surface area (TPSA) is 66.4 Å². The lowest BCUT2D eigenvalue weighted by atomic mass is 9.82. The first-order chi connectivity index (χ1) is 9.97. The van der Waals surface area contributed by atoms with Crippen molar-refractivity contribution < 1.29 is 14.7 Å². The molecule has 1 fully saturated rings. The molecule has 1 amide bonds. The number of amides is 1. The number of carbonyl (C=O) groups is 2. The average Bonchev–Trinajstić information content (AvgIpc) is 3.03. The maximum absolute atomic E-state index is 12.5. The molecule has 2 N–H and O–H groups in total. The molecule has 2 aliphatic rings. The summed E-state index contributed by atoms with van der Waals surface area (Å²) in [5, 5.41) is 12.8. The predicted octanol–water partition coefficient (Wildman–Crippen LogP) is 3.11. The third-order valence-electron chi connectivity index (χ3n) is 4.50. The summed E-state index contributed by atoms with van der Waals surface area (Å²) in [6, 6.07) is 5.27. The zero-order valence-corrected chi connectivity index (χ0v) is 12.3. The molecule has 0 unspecified atom stereocenters. The molecular weight excluding hydrogens is 290 g/mol. The average molecular weight is 306 g/mol. The number of aliphatic carboxylic acids is 1. The van der Waals surface area contributed by atoms with Gasteiger partial charge in [-0.15, -0.1) is 0 Å². The van der Waals surface area contributed by atoms with Crippen LogP contribution >= 0.6 is 11.6 Å². The van der Waals surface area contributed by atoms with Crippen molar-refractivity contribution in [3.63, 3.8) is 0 Å². The summed E-state index contributed by atoms with van der Waals surface area (Å²) in [5.74, 6) is -2.26. The fourth-order valence-electron chi connectivity index (χ4n) is 3.46. The largest absolute Gasteiger partial charge is 0.481 e. The number of carbonyl (C=O) groups excluding carboxylic acids is 1. The first-order valence-corrected chi connectivity index (χ1v) is 7.33. The number of halogens is 1. The summed E-state index contributed by atoms with van der Waals surface area (Å²) in [6.45, 7) is 1.88. The van der Waals surface area contributed by atoms with Crippen LogP contribution in [0.15, 0.2) is 30.4 Å². The van der Waals surface area contributed by atoms with E-state index in [-0.39, 0.29) is 17.7 Å². The first-order valence-electron chi connectivity index (χ1n) is 6.95. The monoisotopic (exact) mass is 305 g/mol. The standard InChI is InChI=1S/C16H16ClNO3/c1-8-2-5-11(17)7-12(8)18-15(19)13-9-3-4-10(6-9)14(13)16(20)21/h2-5,7,9-10,13-14H,6H2,1H3,(H,18,19)(H,20,21)/t9-,10-,13+,14+/m0/s1. The molecule has 0 saturated heterocycles. The fourth-order valence-corrected chi connectivity index (χ4v) is 3.63. The van der Waals surface area contributed by atoms with Gasteiger partial charge in [0.15, 0.2) is 0 Å². The lowest BCUT2D eigenvalue weighted by molar-refractivity contribution is -0.146. The van der Waals surface area contributed by atoms with Gasteiger partial charge in [-0.05, 0) is 42.9 Å². The van der Waals surface area contributed by atoms with Crippen molar-refractivity contribution in [2.45, 2.75) is 13.3 Å². The van der Waals surface area contributed by atoms with E-state index in [1.54, 1.807) is 12.1 Å². The van der Waals surface area contributed by atoms with Crippen LogP contribution in [0.2, 0.25) is 5.02 Å². The molecule has 1 saturated carbocycles. The zero-order chi connectivity index (χ0) is 15.1. The van der Waals surface area contributed by atoms with Gasteiger partial charge in [-0.25, -0.2) is 0 Å². The lowest BCUT2D eigenvalue weighted by Gasteiger charge is -2.24. The van der Waals surface area contributed by atoms with Gasteiger partial charge in [-0.3, -0.25) is 9.59 Å². The van der Waals surface area contributed by atoms with Gasteiger partial charge in [0.2, 0.25) is 5.91 Å². The van der Waals surface area contributed by atoms with Crippen molar-refractivity contribution in [3.05, 3.63) is 40.9 Å². The highest BCUT2D eigenvalue weighted by Crippen LogP contribution is 2.48. The van der Waals surface area contributed by atoms with Crippen LogP contribution in [-0.4, -0.2) is 17.0 Å². The number of aryl methyl sites for hydroxylation is 1. The van der Waals surface area contributed by atoms with Crippen molar-refractivity contribution >= 4 is 29.2 Å². The van der Waals surface area contributed by atoms with E-state index >= 15 is 0 Å². The molecule has 0 aliphatic heterocycles. The maximum Gasteiger partial charge on any atom is 0.307 e. The second-order valence-electron chi connectivity index (χ2n) is 5.79. The SMILES string of the molecule is Cc1ccc(Cl)cc1NC(=O)[C@H]1[C@H](C(=O)O)[C@H]2C=C[C@H]1C2. The highest BCUT2D eigenvalue weighted by Gasteiger charge is 2.51. The second kappa shape index (κ2) is 5.19. The Bertz CT molecular complexity index is 640. The number of carboxylic acid groups (broad SMARTS) is 1. The summed E-state index contributed by atoms with van der Waals surface area (Å²) in [5.41, 5.74) is 1.54. The van der Waals surface area contributed by atoms with Crippen LogP contribution in [-0.2, 0) is 9.59 Å². The quantitative estimate of drug-likeness (QED) is 0.843. The summed E-state index contributed by atoms with van der Waals surface area (Å²) in [7, 11) is 0. The third kappa shape index (κ3) is 2.44. The molecule has 0 spiro atoms. The number of hydrogen-bond donors (Lipinski definition) is 2. The molecule has 21 heavy (non-hydrogen) atoms. The third-order valence-corrected chi connectivity index (χ3v) is 4.74. The highest BCUT2D eigenvalue weighted by molar-refractivity contribution is 6.31. The summed E-state index contributed by atoms with van der Waals surface area (Å²) < 4.78 is 0. The predicted molar refractivity (Wildman–Crippen MR) is 80.2 cm³/mol. The van der Waals surface area contributed by atoms with Crippen molar-refractivity contribution in [2.24, 2.45) is 23.7 Å². The molecule has 0 heterocycles. The second-order valence-corrected chi connectivity index (χ2v) is 6.22. The molecular formula is C16H16ClNO3. The Morgan fingerprint density at radius 3 is 2.57 bits per heavy atom. The number of hydrogen-bond acceptors (Lipinski definition) is 2. The molecule has 1 aromatic carbocycles. The van der Waals surface area contributed by atoms with Crippen molar-refractivity contribution in [1.29, 1.82) is 0 Å². The van der Waals surface area contributed by atoms with Gasteiger partial charge in [0.1, 0.15) is 0 Å². The maximum atomic E-state index is 12.5. The number of allylic oxidation sites excluding steroid dienone is 2. The Morgan fingerprint density at radius 2 is 1.90 bits per heavy atom. The first kappa shape index (κ1) is 14.1. The number of benzene rings is 1. The molecule has 3 rings (SSSR count). The van der Waals surface area contributed by atoms with Gasteiger partial charge in [0.25, 0.3) is 0 Å². The number of nitrogens with one attached hydrogen (secondary N) is 1. The van der Waals surface area contributed by atoms with E-state index in [0.717, 1.165) is 12.0 Å². The van der Waals surface area contributed by atoms with Gasteiger partial charge in [0, 0.05) is 10.7 Å². The molecule has 0 aromatic heterocycles. The highest BCUT2D eigenvalue weighted by atomic mass is 35.5. The van der Waals surface area contributed by atoms with Crippen LogP contribution in [0.25, 0.3) is 0 Å². The van der Waals surface area contributed by atoms with E-state index in [9.17, 15) is 14.7 Å². The minimum atomic E-state index is -0.894. The van der Waals surface area contributed by atoms with Crippen molar-refractivity contribution in [1.82, 2.24) is 0 Å². The fraction of sp³-hybridized carbons (Fsp3) is 0.375. The van der Waals surface area contributed by atoms with E-state index in [2.05, 4.69) is 5.32 Å². The Balaban J connectivity index is 1.83. The summed E-state index contributed by atoms with van der Waals surface area (Å²) in [6.07, 6.45) is 4.65. The Kier molecular flexibility index (Phi) is 3.49. The van der Waals surface area contributed by atoms with Crippen LogP contribution in [0.1, 0.15) is 12.0 Å². The molecule has 110 valence electrons. The molecule has 4 nitrogen and oxygen atoms in total. The van der Waals surface area contributed by atoms with Gasteiger partial charge in [-0.1, -0.05) is 29.8 Å². The van der Waals surface area contributed by atoms with E-state index in [4.69, 9.17) is 11.6 Å². The molecule has 1 aromatic rings. The molecule has 2 aliphatic carbocycles. The minimum Gasteiger partial charge on any atom is -0.481 e. The van der Waals surface area contributed by atoms with Crippen LogP contribution in [0, 0.1) is 30.6 Å².